The molecule has 3 aromatic carbocycles. The van der Waals surface area contributed by atoms with Gasteiger partial charge in [0.15, 0.2) is 0 Å². The highest BCUT2D eigenvalue weighted by Crippen LogP contribution is 2.39. The second-order valence-electron chi connectivity index (χ2n) is 16.5. The molecule has 0 saturated carbocycles. The number of nitrogens with zero attached hydrogens (tertiary/aromatic N) is 5. The molecule has 2 atom stereocenters. The summed E-state index contributed by atoms with van der Waals surface area (Å²) in [5, 5.41) is 8.98. The summed E-state index contributed by atoms with van der Waals surface area (Å²) in [5.41, 5.74) is 18.8. The van der Waals surface area contributed by atoms with Gasteiger partial charge >= 0.3 is 18.3 Å². The summed E-state index contributed by atoms with van der Waals surface area (Å²) >= 11 is 0. The summed E-state index contributed by atoms with van der Waals surface area (Å²) in [6, 6.07) is 19.6. The molecule has 20 heteroatoms. The minimum absolute atomic E-state index is 0.0165. The largest absolute Gasteiger partial charge is 0.445 e. The monoisotopic (exact) mass is 921 g/mol. The fourth-order valence-corrected chi connectivity index (χ4v) is 7.73. The third-order valence-corrected chi connectivity index (χ3v) is 11.5. The smallest absolute Gasteiger partial charge is 0.418 e. The molecule has 0 unspecified atom stereocenters. The van der Waals surface area contributed by atoms with Crippen LogP contribution in [-0.4, -0.2) is 88.2 Å². The Morgan fingerprint density at radius 2 is 1.58 bits per heavy atom. The summed E-state index contributed by atoms with van der Waals surface area (Å²) < 4.78 is 51.6. The Morgan fingerprint density at radius 1 is 0.851 bits per heavy atom. The maximum absolute atomic E-state index is 14.9. The van der Waals surface area contributed by atoms with Gasteiger partial charge in [-0.15, -0.1) is 0 Å². The lowest BCUT2D eigenvalue weighted by Crippen LogP contribution is -2.51. The van der Waals surface area contributed by atoms with Gasteiger partial charge in [0.2, 0.25) is 11.8 Å². The number of aromatic nitrogens is 3. The van der Waals surface area contributed by atoms with Gasteiger partial charge in [0.1, 0.15) is 18.5 Å². The molecule has 5 amide bonds. The first-order chi connectivity index (χ1) is 32.0. The van der Waals surface area contributed by atoms with Crippen LogP contribution in [0.3, 0.4) is 0 Å². The number of halogens is 3. The van der Waals surface area contributed by atoms with Crippen molar-refractivity contribution in [3.63, 3.8) is 0 Å². The number of nitrogens with one attached hydrogen (secondary N) is 3. The lowest BCUT2D eigenvalue weighted by atomic mass is 10.0. The van der Waals surface area contributed by atoms with Crippen molar-refractivity contribution in [3.8, 4) is 16.8 Å². The quantitative estimate of drug-likeness (QED) is 0.0587. The van der Waals surface area contributed by atoms with Crippen LogP contribution < -0.4 is 43.6 Å². The predicted molar refractivity (Wildman–Crippen MR) is 248 cm³/mol. The van der Waals surface area contributed by atoms with E-state index in [4.69, 9.17) is 21.9 Å². The number of pyridine rings is 3. The van der Waals surface area contributed by atoms with E-state index < -0.39 is 53.3 Å². The summed E-state index contributed by atoms with van der Waals surface area (Å²) in [4.78, 5) is 75.3. The number of nitrogen functional groups attached to an aromatic ring is 1. The molecule has 350 valence electrons. The second kappa shape index (κ2) is 20.2. The average Bonchev–Trinajstić information content (AvgIpc) is 3.31. The average molecular weight is 922 g/mol. The number of piperazine rings is 1. The molecule has 67 heavy (non-hydrogen) atoms. The lowest BCUT2D eigenvalue weighted by Gasteiger charge is -2.36. The van der Waals surface area contributed by atoms with Crippen LogP contribution in [-0.2, 0) is 27.1 Å². The molecule has 17 nitrogen and oxygen atoms in total. The molecule has 1 aliphatic heterocycles. The Bertz CT molecular complexity index is 2850. The van der Waals surface area contributed by atoms with Gasteiger partial charge in [0.25, 0.3) is 5.56 Å². The number of carbonyl (C=O) groups is 4. The van der Waals surface area contributed by atoms with Crippen molar-refractivity contribution < 1.29 is 37.1 Å². The number of urea groups is 1. The summed E-state index contributed by atoms with van der Waals surface area (Å²) in [6.07, 6.45) is -1.72. The number of carbonyl (C=O) groups excluding carboxylic acids is 4. The van der Waals surface area contributed by atoms with Crippen LogP contribution in [0.1, 0.15) is 37.8 Å². The minimum atomic E-state index is -4.79. The van der Waals surface area contributed by atoms with E-state index in [0.29, 0.717) is 45.3 Å². The maximum Gasteiger partial charge on any atom is 0.418 e. The number of benzene rings is 3. The van der Waals surface area contributed by atoms with Gasteiger partial charge in [0, 0.05) is 78.9 Å². The number of alkyl halides is 3. The van der Waals surface area contributed by atoms with Crippen molar-refractivity contribution in [2.45, 2.75) is 51.6 Å². The van der Waals surface area contributed by atoms with Crippen LogP contribution >= 0.6 is 0 Å². The molecule has 0 aliphatic carbocycles. The number of ether oxygens (including phenoxy) is 1. The molecular formula is C47H50F3N11O6. The Kier molecular flexibility index (Phi) is 14.2. The normalized spacial score (nSPS) is 13.9. The highest BCUT2D eigenvalue weighted by Gasteiger charge is 2.37. The van der Waals surface area contributed by atoms with Crippen LogP contribution in [0.15, 0.2) is 102 Å². The molecule has 1 saturated heterocycles. The zero-order valence-electron chi connectivity index (χ0n) is 36.7. The van der Waals surface area contributed by atoms with E-state index in [2.05, 4.69) is 25.9 Å². The number of primary amides is 1. The van der Waals surface area contributed by atoms with Gasteiger partial charge in [-0.05, 0) is 90.6 Å². The van der Waals surface area contributed by atoms with E-state index in [1.54, 1.807) is 79.7 Å². The lowest BCUT2D eigenvalue weighted by molar-refractivity contribution is -0.137. The molecule has 9 N–H and O–H groups in total. The molecule has 0 spiro atoms. The van der Waals surface area contributed by atoms with Crippen LogP contribution in [0, 0.1) is 5.92 Å². The Hall–Kier alpha value is -7.74. The number of amides is 5. The van der Waals surface area contributed by atoms with Crippen molar-refractivity contribution in [1.29, 1.82) is 0 Å². The molecule has 0 radical (unpaired) electrons. The van der Waals surface area contributed by atoms with Gasteiger partial charge in [0.05, 0.1) is 28.3 Å². The minimum Gasteiger partial charge on any atom is -0.445 e. The predicted octanol–water partition coefficient (Wildman–Crippen LogP) is 5.52. The zero-order chi connectivity index (χ0) is 48.0. The van der Waals surface area contributed by atoms with Crippen molar-refractivity contribution in [2.24, 2.45) is 17.4 Å². The van der Waals surface area contributed by atoms with Gasteiger partial charge in [-0.1, -0.05) is 32.0 Å². The number of hydrogen-bond acceptors (Lipinski definition) is 11. The van der Waals surface area contributed by atoms with Crippen LogP contribution in [0.25, 0.3) is 38.6 Å². The topological polar surface area (TPSA) is 246 Å². The van der Waals surface area contributed by atoms with Crippen molar-refractivity contribution in [1.82, 2.24) is 30.1 Å². The van der Waals surface area contributed by atoms with E-state index >= 15 is 0 Å². The third-order valence-electron chi connectivity index (χ3n) is 11.5. The van der Waals surface area contributed by atoms with Crippen molar-refractivity contribution >= 4 is 62.9 Å². The summed E-state index contributed by atoms with van der Waals surface area (Å²) in [7, 11) is 0. The van der Waals surface area contributed by atoms with Crippen molar-refractivity contribution in [2.75, 3.05) is 48.7 Å². The standard InChI is InChI=1S/C47H50F3N11O6/c1-27(2)41(52)44(64)58-37(4-3-17-54-45(53)65)43(63)57-32-10-5-28(6-11-32)26-67-46(66)60-20-18-59(19-21-60)38-14-12-33(23-35(38)47(48,49)50)61-40(62)16-9-31-25-55-36-13-7-29(22-34(36)42(31)61)30-8-15-39(51)56-24-30/h5-16,22-25,27,37,41H,3-4,17-21,26,52H2,1-2H3,(H2,51,56)(H,57,63)(H,58,64)(H3,53,54,65)/t37-,41-/m0/s1. The highest BCUT2D eigenvalue weighted by molar-refractivity contribution is 6.05. The highest BCUT2D eigenvalue weighted by atomic mass is 19.4. The fraction of sp³-hybridized carbons (Fsp3) is 0.298. The van der Waals surface area contributed by atoms with Crippen LogP contribution in [0.5, 0.6) is 0 Å². The first kappa shape index (κ1) is 47.2. The fourth-order valence-electron chi connectivity index (χ4n) is 7.73. The molecule has 7 rings (SSSR count). The molecule has 0 bridgehead atoms. The Balaban J connectivity index is 1.00. The van der Waals surface area contributed by atoms with Crippen molar-refractivity contribution in [3.05, 3.63) is 119 Å². The van der Waals surface area contributed by atoms with Gasteiger partial charge in [-0.2, -0.15) is 13.2 Å². The van der Waals surface area contributed by atoms with Gasteiger partial charge in [-0.25, -0.2) is 14.6 Å². The van der Waals surface area contributed by atoms with Gasteiger partial charge in [-0.3, -0.25) is 23.9 Å². The van der Waals surface area contributed by atoms with E-state index in [1.807, 2.05) is 12.1 Å². The van der Waals surface area contributed by atoms with E-state index in [0.717, 1.165) is 17.2 Å². The molecule has 6 aromatic rings. The zero-order valence-corrected chi connectivity index (χ0v) is 36.7. The number of nitrogens with two attached hydrogens (primary N) is 3. The maximum atomic E-state index is 14.9. The van der Waals surface area contributed by atoms with E-state index in [-0.39, 0.29) is 63.0 Å². The van der Waals surface area contributed by atoms with Gasteiger partial charge < -0.3 is 47.7 Å². The summed E-state index contributed by atoms with van der Waals surface area (Å²) in [6.45, 7) is 3.95. The number of fused-ring (bicyclic) bond motifs is 3. The first-order valence-electron chi connectivity index (χ1n) is 21.5. The first-order valence-corrected chi connectivity index (χ1v) is 21.5. The number of hydrogen-bond donors (Lipinski definition) is 6. The Labute approximate surface area is 382 Å². The number of anilines is 3. The second-order valence-corrected chi connectivity index (χ2v) is 16.5. The Morgan fingerprint density at radius 3 is 2.25 bits per heavy atom. The summed E-state index contributed by atoms with van der Waals surface area (Å²) in [5.74, 6) is -0.826. The number of rotatable bonds is 14. The van der Waals surface area contributed by atoms with Crippen LogP contribution in [0.2, 0.25) is 0 Å². The van der Waals surface area contributed by atoms with Crippen LogP contribution in [0.4, 0.5) is 40.0 Å². The SMILES string of the molecule is CC(C)[C@H](N)C(=O)N[C@@H](CCCNC(N)=O)C(=O)Nc1ccc(COC(=O)N2CCN(c3ccc(-n4c(=O)ccc5cnc6ccc(-c7ccc(N)nc7)cc6c54)cc3C(F)(F)F)CC2)cc1. The third kappa shape index (κ3) is 11.2. The molecule has 1 aliphatic rings. The molecule has 3 aromatic heterocycles. The molecule has 4 heterocycles. The molecular weight excluding hydrogens is 872 g/mol. The van der Waals surface area contributed by atoms with E-state index in [9.17, 15) is 37.1 Å². The van der Waals surface area contributed by atoms with E-state index in [1.165, 1.54) is 27.7 Å². The molecule has 1 fully saturated rings.